The number of carbonyl (C=O) groups is 2. The molecule has 0 saturated carbocycles. The van der Waals surface area contributed by atoms with E-state index in [1.54, 1.807) is 29.2 Å². The van der Waals surface area contributed by atoms with Gasteiger partial charge in [0.2, 0.25) is 5.91 Å². The van der Waals surface area contributed by atoms with Crippen molar-refractivity contribution in [3.8, 4) is 11.3 Å². The molecule has 0 bridgehead atoms. The molecule has 1 saturated heterocycles. The Labute approximate surface area is 171 Å². The summed E-state index contributed by atoms with van der Waals surface area (Å²) in [6, 6.07) is 13.6. The van der Waals surface area contributed by atoms with Gasteiger partial charge in [0.1, 0.15) is 5.82 Å². The van der Waals surface area contributed by atoms with Crippen LogP contribution in [-0.2, 0) is 11.3 Å². The van der Waals surface area contributed by atoms with E-state index in [1.807, 2.05) is 17.5 Å². The molecule has 8 heteroatoms. The summed E-state index contributed by atoms with van der Waals surface area (Å²) >= 11 is 1.48. The van der Waals surface area contributed by atoms with Gasteiger partial charge in [0.15, 0.2) is 5.13 Å². The molecule has 0 radical (unpaired) electrons. The maximum absolute atomic E-state index is 13.0. The van der Waals surface area contributed by atoms with Crippen LogP contribution in [0.1, 0.15) is 15.9 Å². The zero-order chi connectivity index (χ0) is 20.2. The third-order valence-corrected chi connectivity index (χ3v) is 5.41. The molecule has 1 aliphatic heterocycles. The molecule has 148 valence electrons. The Morgan fingerprint density at radius 2 is 1.93 bits per heavy atom. The molecule has 29 heavy (non-hydrogen) atoms. The van der Waals surface area contributed by atoms with Crippen molar-refractivity contribution in [1.82, 2.24) is 15.2 Å². The molecule has 2 aromatic carbocycles. The van der Waals surface area contributed by atoms with Crippen LogP contribution in [0, 0.1) is 5.82 Å². The van der Waals surface area contributed by atoms with Crippen LogP contribution in [0.4, 0.5) is 9.52 Å². The monoisotopic (exact) mass is 410 g/mol. The summed E-state index contributed by atoms with van der Waals surface area (Å²) < 4.78 is 13.0. The van der Waals surface area contributed by atoms with Gasteiger partial charge in [0.05, 0.1) is 12.2 Å². The highest BCUT2D eigenvalue weighted by molar-refractivity contribution is 7.14. The molecule has 0 atom stereocenters. The lowest BCUT2D eigenvalue weighted by atomic mass is 10.1. The highest BCUT2D eigenvalue weighted by Crippen LogP contribution is 2.25. The predicted molar refractivity (Wildman–Crippen MR) is 110 cm³/mol. The largest absolute Gasteiger partial charge is 0.357 e. The van der Waals surface area contributed by atoms with E-state index in [-0.39, 0.29) is 24.2 Å². The molecular weight excluding hydrogens is 391 g/mol. The number of nitrogens with one attached hydrogen (secondary N) is 2. The van der Waals surface area contributed by atoms with E-state index < -0.39 is 0 Å². The fourth-order valence-corrected chi connectivity index (χ4v) is 3.76. The number of hydrogen-bond donors (Lipinski definition) is 2. The Bertz CT molecular complexity index is 1020. The number of carbonyl (C=O) groups excluding carboxylic acids is 2. The van der Waals surface area contributed by atoms with Gasteiger partial charge in [0.25, 0.3) is 5.91 Å². The molecule has 2 N–H and O–H groups in total. The van der Waals surface area contributed by atoms with E-state index in [4.69, 9.17) is 0 Å². The number of halogens is 1. The summed E-state index contributed by atoms with van der Waals surface area (Å²) in [6.45, 7) is 1.67. The maximum Gasteiger partial charge on any atom is 0.254 e. The molecule has 3 aromatic rings. The lowest BCUT2D eigenvalue weighted by Crippen LogP contribution is -2.49. The quantitative estimate of drug-likeness (QED) is 0.678. The van der Waals surface area contributed by atoms with E-state index in [2.05, 4.69) is 15.6 Å². The lowest BCUT2D eigenvalue weighted by molar-refractivity contribution is -0.123. The molecule has 1 aliphatic rings. The molecule has 4 rings (SSSR count). The van der Waals surface area contributed by atoms with Crippen molar-refractivity contribution >= 4 is 28.3 Å². The van der Waals surface area contributed by atoms with Crippen LogP contribution in [-0.4, -0.2) is 41.3 Å². The van der Waals surface area contributed by atoms with Gasteiger partial charge in [-0.3, -0.25) is 9.59 Å². The fourth-order valence-electron chi connectivity index (χ4n) is 3.05. The summed E-state index contributed by atoms with van der Waals surface area (Å²) in [5, 5.41) is 8.67. The normalized spacial score (nSPS) is 13.8. The van der Waals surface area contributed by atoms with E-state index in [0.717, 1.165) is 22.0 Å². The average Bonchev–Trinajstić information content (AvgIpc) is 3.22. The zero-order valence-corrected chi connectivity index (χ0v) is 16.3. The minimum absolute atomic E-state index is 0.0998. The van der Waals surface area contributed by atoms with Gasteiger partial charge in [-0.05, 0) is 42.0 Å². The van der Waals surface area contributed by atoms with Crippen molar-refractivity contribution in [3.05, 3.63) is 70.9 Å². The highest BCUT2D eigenvalue weighted by Gasteiger charge is 2.22. The number of amides is 2. The third-order valence-electron chi connectivity index (χ3n) is 4.61. The summed E-state index contributed by atoms with van der Waals surface area (Å²) in [7, 11) is 0. The van der Waals surface area contributed by atoms with Crippen molar-refractivity contribution in [2.24, 2.45) is 0 Å². The molecule has 1 fully saturated rings. The van der Waals surface area contributed by atoms with Gasteiger partial charge < -0.3 is 15.5 Å². The number of benzene rings is 2. The van der Waals surface area contributed by atoms with Crippen molar-refractivity contribution in [2.75, 3.05) is 25.0 Å². The van der Waals surface area contributed by atoms with E-state index in [0.29, 0.717) is 25.2 Å². The molecule has 0 unspecified atom stereocenters. The van der Waals surface area contributed by atoms with Gasteiger partial charge >= 0.3 is 0 Å². The van der Waals surface area contributed by atoms with Crippen molar-refractivity contribution < 1.29 is 14.0 Å². The number of nitrogens with zero attached hydrogens (tertiary/aromatic N) is 2. The maximum atomic E-state index is 13.0. The topological polar surface area (TPSA) is 74.3 Å². The Morgan fingerprint density at radius 1 is 1.17 bits per heavy atom. The van der Waals surface area contributed by atoms with Gasteiger partial charge in [-0.25, -0.2) is 9.37 Å². The first-order valence-corrected chi connectivity index (χ1v) is 10.1. The van der Waals surface area contributed by atoms with Crippen LogP contribution in [0.25, 0.3) is 11.3 Å². The highest BCUT2D eigenvalue weighted by atomic mass is 32.1. The Morgan fingerprint density at radius 3 is 2.66 bits per heavy atom. The first-order chi connectivity index (χ1) is 14.1. The SMILES string of the molecule is O=C1CN(C(=O)c2ccc(CNc3nc(-c4ccc(F)cc4)cs3)cc2)CCN1. The number of thiazole rings is 1. The summed E-state index contributed by atoms with van der Waals surface area (Å²) in [5.41, 5.74) is 3.24. The van der Waals surface area contributed by atoms with Crippen LogP contribution >= 0.6 is 11.3 Å². The van der Waals surface area contributed by atoms with Crippen molar-refractivity contribution in [2.45, 2.75) is 6.54 Å². The summed E-state index contributed by atoms with van der Waals surface area (Å²) in [5.74, 6) is -0.537. The van der Waals surface area contributed by atoms with Crippen LogP contribution in [0.2, 0.25) is 0 Å². The van der Waals surface area contributed by atoms with Crippen LogP contribution in [0.15, 0.2) is 53.9 Å². The number of piperazine rings is 1. The number of hydrogen-bond acceptors (Lipinski definition) is 5. The van der Waals surface area contributed by atoms with E-state index in [1.165, 1.54) is 23.5 Å². The van der Waals surface area contributed by atoms with Crippen molar-refractivity contribution in [1.29, 1.82) is 0 Å². The first kappa shape index (κ1) is 19.1. The zero-order valence-electron chi connectivity index (χ0n) is 15.5. The Balaban J connectivity index is 1.35. The van der Waals surface area contributed by atoms with E-state index >= 15 is 0 Å². The van der Waals surface area contributed by atoms with Gasteiger partial charge in [0, 0.05) is 36.1 Å². The second-order valence-electron chi connectivity index (χ2n) is 6.67. The van der Waals surface area contributed by atoms with Crippen LogP contribution in [0.5, 0.6) is 0 Å². The molecule has 2 heterocycles. The van der Waals surface area contributed by atoms with Crippen molar-refractivity contribution in [3.63, 3.8) is 0 Å². The molecule has 6 nitrogen and oxygen atoms in total. The van der Waals surface area contributed by atoms with E-state index in [9.17, 15) is 14.0 Å². The third kappa shape index (κ3) is 4.60. The molecule has 2 amide bonds. The number of aromatic nitrogens is 1. The second kappa shape index (κ2) is 8.40. The number of rotatable bonds is 5. The molecular formula is C21H19FN4O2S. The Hall–Kier alpha value is -3.26. The lowest BCUT2D eigenvalue weighted by Gasteiger charge is -2.26. The van der Waals surface area contributed by atoms with Gasteiger partial charge in [-0.2, -0.15) is 0 Å². The average molecular weight is 410 g/mol. The Kier molecular flexibility index (Phi) is 5.53. The van der Waals surface area contributed by atoms with Gasteiger partial charge in [-0.15, -0.1) is 11.3 Å². The van der Waals surface area contributed by atoms with Crippen LogP contribution in [0.3, 0.4) is 0 Å². The predicted octanol–water partition coefficient (Wildman–Crippen LogP) is 3.13. The second-order valence-corrected chi connectivity index (χ2v) is 7.53. The molecule has 1 aromatic heterocycles. The standard InChI is InChI=1S/C21H19FN4O2S/c22-17-7-5-15(6-8-17)18-13-29-21(25-18)24-11-14-1-3-16(4-2-14)20(28)26-10-9-23-19(27)12-26/h1-8,13H,9-12H2,(H,23,27)(H,24,25). The summed E-state index contributed by atoms with van der Waals surface area (Å²) in [4.78, 5) is 30.0. The minimum Gasteiger partial charge on any atom is -0.357 e. The molecule has 0 aliphatic carbocycles. The smallest absolute Gasteiger partial charge is 0.254 e. The number of anilines is 1. The van der Waals surface area contributed by atoms with Crippen LogP contribution < -0.4 is 10.6 Å². The summed E-state index contributed by atoms with van der Waals surface area (Å²) in [6.07, 6.45) is 0. The minimum atomic E-state index is -0.271. The fraction of sp³-hybridized carbons (Fsp3) is 0.190. The molecule has 0 spiro atoms. The first-order valence-electron chi connectivity index (χ1n) is 9.19. The van der Waals surface area contributed by atoms with Gasteiger partial charge in [-0.1, -0.05) is 12.1 Å².